The third kappa shape index (κ3) is 4.00. The molecule has 0 N–H and O–H groups in total. The lowest BCUT2D eigenvalue weighted by Gasteiger charge is -2.08. The number of ether oxygens (including phenoxy) is 1. The van der Waals surface area contributed by atoms with E-state index in [0.29, 0.717) is 0 Å². The molecule has 118 valence electrons. The van der Waals surface area contributed by atoms with Crippen molar-refractivity contribution in [1.82, 2.24) is 4.98 Å². The standard InChI is InChI=1S/C14H11ClF3NO3/c1-21-13(20)3-2-12-19-11(7-22-12)8-4-9(14(16,17)18)6-10(15)5-8/h4-7H,2-3H2,1H3. The molecular weight excluding hydrogens is 323 g/mol. The lowest BCUT2D eigenvalue weighted by Crippen LogP contribution is -2.05. The first-order valence-electron chi connectivity index (χ1n) is 6.19. The van der Waals surface area contributed by atoms with Crippen LogP contribution in [-0.2, 0) is 22.1 Å². The van der Waals surface area contributed by atoms with Crippen molar-refractivity contribution in [3.05, 3.63) is 40.9 Å². The number of alkyl halides is 3. The SMILES string of the molecule is COC(=O)CCc1nc(-c2cc(Cl)cc(C(F)(F)F)c2)co1. The van der Waals surface area contributed by atoms with Crippen LogP contribution in [0.3, 0.4) is 0 Å². The van der Waals surface area contributed by atoms with Crippen molar-refractivity contribution in [3.8, 4) is 11.3 Å². The highest BCUT2D eigenvalue weighted by Crippen LogP contribution is 2.34. The van der Waals surface area contributed by atoms with Crippen LogP contribution in [0.2, 0.25) is 5.02 Å². The molecular formula is C14H11ClF3NO3. The highest BCUT2D eigenvalue weighted by molar-refractivity contribution is 6.31. The number of hydrogen-bond donors (Lipinski definition) is 0. The van der Waals surface area contributed by atoms with E-state index in [4.69, 9.17) is 16.0 Å². The van der Waals surface area contributed by atoms with Gasteiger partial charge in [-0.3, -0.25) is 4.79 Å². The molecule has 0 aliphatic carbocycles. The van der Waals surface area contributed by atoms with Crippen LogP contribution < -0.4 is 0 Å². The lowest BCUT2D eigenvalue weighted by molar-refractivity contribution is -0.140. The molecule has 0 unspecified atom stereocenters. The maximum atomic E-state index is 12.8. The molecule has 0 bridgehead atoms. The van der Waals surface area contributed by atoms with Crippen LogP contribution in [0.15, 0.2) is 28.9 Å². The van der Waals surface area contributed by atoms with Gasteiger partial charge in [0.1, 0.15) is 12.0 Å². The van der Waals surface area contributed by atoms with Gasteiger partial charge in [-0.25, -0.2) is 4.98 Å². The van der Waals surface area contributed by atoms with E-state index in [1.165, 1.54) is 19.4 Å². The molecule has 0 atom stereocenters. The summed E-state index contributed by atoms with van der Waals surface area (Å²) in [5.74, 6) is -0.198. The summed E-state index contributed by atoms with van der Waals surface area (Å²) in [5.41, 5.74) is -0.463. The Morgan fingerprint density at radius 3 is 2.73 bits per heavy atom. The molecule has 0 amide bonds. The molecule has 1 aromatic carbocycles. The van der Waals surface area contributed by atoms with Gasteiger partial charge in [-0.05, 0) is 18.2 Å². The van der Waals surface area contributed by atoms with E-state index in [1.54, 1.807) is 0 Å². The second-order valence-corrected chi connectivity index (χ2v) is 4.87. The first-order valence-corrected chi connectivity index (χ1v) is 6.57. The van der Waals surface area contributed by atoms with Crippen LogP contribution >= 0.6 is 11.6 Å². The predicted octanol–water partition coefficient (Wildman–Crippen LogP) is 4.12. The summed E-state index contributed by atoms with van der Waals surface area (Å²) in [7, 11) is 1.26. The number of benzene rings is 1. The molecule has 1 aromatic heterocycles. The average molecular weight is 334 g/mol. The molecule has 8 heteroatoms. The van der Waals surface area contributed by atoms with Crippen LogP contribution in [0.4, 0.5) is 13.2 Å². The molecule has 0 radical (unpaired) electrons. The Morgan fingerprint density at radius 1 is 1.36 bits per heavy atom. The first kappa shape index (κ1) is 16.4. The van der Waals surface area contributed by atoms with Gasteiger partial charge >= 0.3 is 12.1 Å². The Morgan fingerprint density at radius 2 is 2.09 bits per heavy atom. The van der Waals surface area contributed by atoms with Gasteiger partial charge in [0.25, 0.3) is 0 Å². The Bertz CT molecular complexity index is 682. The fraction of sp³-hybridized carbons (Fsp3) is 0.286. The number of aryl methyl sites for hydroxylation is 1. The fourth-order valence-electron chi connectivity index (χ4n) is 1.77. The van der Waals surface area contributed by atoms with Gasteiger partial charge < -0.3 is 9.15 Å². The quantitative estimate of drug-likeness (QED) is 0.790. The van der Waals surface area contributed by atoms with Crippen molar-refractivity contribution in [2.75, 3.05) is 7.11 Å². The van der Waals surface area contributed by atoms with Crippen molar-refractivity contribution in [1.29, 1.82) is 0 Å². The van der Waals surface area contributed by atoms with Crippen LogP contribution in [0, 0.1) is 0 Å². The fourth-order valence-corrected chi connectivity index (χ4v) is 2.01. The minimum absolute atomic E-state index is 0.0519. The summed E-state index contributed by atoms with van der Waals surface area (Å²) in [4.78, 5) is 15.1. The smallest absolute Gasteiger partial charge is 0.416 e. The van der Waals surface area contributed by atoms with Gasteiger partial charge in [0.15, 0.2) is 5.89 Å². The zero-order chi connectivity index (χ0) is 16.3. The van der Waals surface area contributed by atoms with Gasteiger partial charge in [-0.1, -0.05) is 11.6 Å². The molecule has 0 fully saturated rings. The van der Waals surface area contributed by atoms with E-state index < -0.39 is 17.7 Å². The Labute approximate surface area is 128 Å². The number of oxazole rings is 1. The van der Waals surface area contributed by atoms with Crippen molar-refractivity contribution in [2.45, 2.75) is 19.0 Å². The van der Waals surface area contributed by atoms with Gasteiger partial charge in [-0.15, -0.1) is 0 Å². The number of nitrogens with zero attached hydrogens (tertiary/aromatic N) is 1. The van der Waals surface area contributed by atoms with Gasteiger partial charge in [0.2, 0.25) is 0 Å². The Hall–Kier alpha value is -2.02. The van der Waals surface area contributed by atoms with Crippen LogP contribution in [0.25, 0.3) is 11.3 Å². The second kappa shape index (κ2) is 6.39. The summed E-state index contributed by atoms with van der Waals surface area (Å²) in [6.07, 6.45) is -3.02. The van der Waals surface area contributed by atoms with Crippen LogP contribution in [0.1, 0.15) is 17.9 Å². The third-order valence-corrected chi connectivity index (χ3v) is 3.06. The van der Waals surface area contributed by atoms with Crippen molar-refractivity contribution < 1.29 is 27.1 Å². The van der Waals surface area contributed by atoms with E-state index >= 15 is 0 Å². The van der Waals surface area contributed by atoms with E-state index in [0.717, 1.165) is 12.1 Å². The maximum Gasteiger partial charge on any atom is 0.416 e. The largest absolute Gasteiger partial charge is 0.469 e. The molecule has 0 aliphatic rings. The van der Waals surface area contributed by atoms with Crippen molar-refractivity contribution >= 4 is 17.6 Å². The summed E-state index contributed by atoms with van der Waals surface area (Å²) in [5, 5.41) is -0.0519. The maximum absolute atomic E-state index is 12.8. The molecule has 0 aliphatic heterocycles. The summed E-state index contributed by atoms with van der Waals surface area (Å²) < 4.78 is 47.9. The predicted molar refractivity (Wildman–Crippen MR) is 72.3 cm³/mol. The number of carbonyl (C=O) groups is 1. The molecule has 1 heterocycles. The number of hydrogen-bond acceptors (Lipinski definition) is 4. The monoisotopic (exact) mass is 333 g/mol. The molecule has 0 spiro atoms. The zero-order valence-electron chi connectivity index (χ0n) is 11.4. The summed E-state index contributed by atoms with van der Waals surface area (Å²) in [6, 6.07) is 3.13. The number of carbonyl (C=O) groups excluding carboxylic acids is 1. The van der Waals surface area contributed by atoms with Crippen LogP contribution in [0.5, 0.6) is 0 Å². The number of halogens is 4. The Balaban J connectivity index is 2.24. The minimum atomic E-state index is -4.50. The summed E-state index contributed by atoms with van der Waals surface area (Å²) >= 11 is 5.71. The van der Waals surface area contributed by atoms with Crippen molar-refractivity contribution in [2.24, 2.45) is 0 Å². The molecule has 2 aromatic rings. The van der Waals surface area contributed by atoms with Crippen molar-refractivity contribution in [3.63, 3.8) is 0 Å². The molecule has 22 heavy (non-hydrogen) atoms. The van der Waals surface area contributed by atoms with Crippen LogP contribution in [-0.4, -0.2) is 18.1 Å². The lowest BCUT2D eigenvalue weighted by atomic mass is 10.1. The number of methoxy groups -OCH3 is 1. The van der Waals surface area contributed by atoms with E-state index in [-0.39, 0.29) is 35.0 Å². The third-order valence-electron chi connectivity index (χ3n) is 2.84. The van der Waals surface area contributed by atoms with E-state index in [9.17, 15) is 18.0 Å². The summed E-state index contributed by atoms with van der Waals surface area (Å²) in [6.45, 7) is 0. The molecule has 0 saturated heterocycles. The molecule has 4 nitrogen and oxygen atoms in total. The highest BCUT2D eigenvalue weighted by Gasteiger charge is 2.31. The normalized spacial score (nSPS) is 11.5. The topological polar surface area (TPSA) is 52.3 Å². The van der Waals surface area contributed by atoms with Gasteiger partial charge in [0.05, 0.1) is 19.1 Å². The number of aromatic nitrogens is 1. The molecule has 0 saturated carbocycles. The van der Waals surface area contributed by atoms with E-state index in [1.807, 2.05) is 0 Å². The number of esters is 1. The number of rotatable bonds is 4. The minimum Gasteiger partial charge on any atom is -0.469 e. The van der Waals surface area contributed by atoms with Gasteiger partial charge in [0, 0.05) is 17.0 Å². The Kier molecular flexibility index (Phi) is 4.75. The molecule has 2 rings (SSSR count). The highest BCUT2D eigenvalue weighted by atomic mass is 35.5. The first-order chi connectivity index (χ1) is 10.3. The zero-order valence-corrected chi connectivity index (χ0v) is 12.2. The average Bonchev–Trinajstić information content (AvgIpc) is 2.92. The van der Waals surface area contributed by atoms with E-state index in [2.05, 4.69) is 9.72 Å². The second-order valence-electron chi connectivity index (χ2n) is 4.43. The van der Waals surface area contributed by atoms with Gasteiger partial charge in [-0.2, -0.15) is 13.2 Å².